The van der Waals surface area contributed by atoms with E-state index in [1.807, 2.05) is 43.3 Å². The molecule has 6 heteroatoms. The second kappa shape index (κ2) is 10.8. The number of carbonyl (C=O) groups is 1. The number of aliphatic carboxylic acids is 1. The Morgan fingerprint density at radius 3 is 2.87 bits per heavy atom. The van der Waals surface area contributed by atoms with Gasteiger partial charge in [0.1, 0.15) is 6.10 Å². The van der Waals surface area contributed by atoms with Crippen molar-refractivity contribution in [1.29, 1.82) is 0 Å². The number of carboxylic acid groups (broad SMARTS) is 1. The van der Waals surface area contributed by atoms with Crippen LogP contribution in [0.4, 0.5) is 5.69 Å². The van der Waals surface area contributed by atoms with E-state index in [1.54, 1.807) is 26.1 Å². The molecule has 0 amide bonds. The van der Waals surface area contributed by atoms with E-state index in [0.29, 0.717) is 12.4 Å². The Hall–Kier alpha value is -2.86. The van der Waals surface area contributed by atoms with Crippen LogP contribution in [0.2, 0.25) is 0 Å². The molecule has 2 unspecified atom stereocenters. The Morgan fingerprint density at radius 1 is 1.43 bits per heavy atom. The topological polar surface area (TPSA) is 83.5 Å². The summed E-state index contributed by atoms with van der Waals surface area (Å²) in [5, 5.41) is 16.2. The number of fused-ring (bicyclic) bond motifs is 1. The zero-order valence-corrected chi connectivity index (χ0v) is 18.3. The highest BCUT2D eigenvalue weighted by Gasteiger charge is 2.29. The molecule has 0 fully saturated rings. The molecule has 0 saturated heterocycles. The first-order chi connectivity index (χ1) is 14.3. The number of pyridine rings is 1. The zero-order valence-electron chi connectivity index (χ0n) is 18.3. The summed E-state index contributed by atoms with van der Waals surface area (Å²) in [5.41, 5.74) is 1.98. The number of hydrogen-bond donors (Lipinski definition) is 3. The normalized spacial score (nSPS) is 16.1. The number of ether oxygens (including phenoxy) is 1. The van der Waals surface area contributed by atoms with Gasteiger partial charge in [-0.1, -0.05) is 37.3 Å². The summed E-state index contributed by atoms with van der Waals surface area (Å²) in [6.45, 7) is 13.1. The highest BCUT2D eigenvalue weighted by atomic mass is 16.5. The van der Waals surface area contributed by atoms with Crippen LogP contribution >= 0.6 is 0 Å². The van der Waals surface area contributed by atoms with Gasteiger partial charge < -0.3 is 20.5 Å². The van der Waals surface area contributed by atoms with Crippen LogP contribution in [0.25, 0.3) is 0 Å². The number of nitrogens with zero attached hydrogens (tertiary/aromatic N) is 1. The van der Waals surface area contributed by atoms with E-state index in [0.717, 1.165) is 29.9 Å². The van der Waals surface area contributed by atoms with Gasteiger partial charge in [-0.15, -0.1) is 6.58 Å². The monoisotopic (exact) mass is 411 g/mol. The lowest BCUT2D eigenvalue weighted by atomic mass is 9.83. The maximum absolute atomic E-state index is 11.5. The fourth-order valence-electron chi connectivity index (χ4n) is 3.09. The third-order valence-electron chi connectivity index (χ3n) is 5.10. The van der Waals surface area contributed by atoms with E-state index in [2.05, 4.69) is 29.1 Å². The van der Waals surface area contributed by atoms with E-state index in [-0.39, 0.29) is 12.0 Å². The van der Waals surface area contributed by atoms with E-state index in [1.165, 1.54) is 0 Å². The number of benzene rings is 1. The summed E-state index contributed by atoms with van der Waals surface area (Å²) >= 11 is 0. The van der Waals surface area contributed by atoms with Crippen molar-refractivity contribution < 1.29 is 14.6 Å². The Morgan fingerprint density at radius 2 is 2.17 bits per heavy atom. The van der Waals surface area contributed by atoms with Crippen LogP contribution in [0.15, 0.2) is 55.3 Å². The summed E-state index contributed by atoms with van der Waals surface area (Å²) in [5.74, 6) is 0.0879. The van der Waals surface area contributed by atoms with Crippen molar-refractivity contribution in [2.24, 2.45) is 0 Å². The van der Waals surface area contributed by atoms with Crippen LogP contribution in [0, 0.1) is 0 Å². The second-order valence-corrected chi connectivity index (χ2v) is 8.00. The van der Waals surface area contributed by atoms with E-state index in [4.69, 9.17) is 4.74 Å². The zero-order chi connectivity index (χ0) is 22.1. The summed E-state index contributed by atoms with van der Waals surface area (Å²) in [4.78, 5) is 15.7. The van der Waals surface area contributed by atoms with Gasteiger partial charge in [-0.05, 0) is 49.9 Å². The Balaban J connectivity index is 0.00000101. The van der Waals surface area contributed by atoms with Crippen LogP contribution in [0.5, 0.6) is 5.88 Å². The van der Waals surface area contributed by atoms with Crippen LogP contribution in [-0.4, -0.2) is 41.8 Å². The van der Waals surface area contributed by atoms with Crippen molar-refractivity contribution in [3.05, 3.63) is 66.4 Å². The van der Waals surface area contributed by atoms with E-state index < -0.39 is 11.4 Å². The van der Waals surface area contributed by atoms with Crippen molar-refractivity contribution in [3.63, 3.8) is 0 Å². The summed E-state index contributed by atoms with van der Waals surface area (Å²) in [6, 6.07) is 11.7. The molecule has 0 spiro atoms. The molecular weight excluding hydrogens is 378 g/mol. The number of allylic oxidation sites excluding steroid dienone is 1. The van der Waals surface area contributed by atoms with Crippen LogP contribution in [0.3, 0.4) is 0 Å². The largest absolute Gasteiger partial charge is 0.481 e. The molecule has 2 atom stereocenters. The lowest BCUT2D eigenvalue weighted by molar-refractivity contribution is -0.142. The predicted molar refractivity (Wildman–Crippen MR) is 121 cm³/mol. The van der Waals surface area contributed by atoms with Crippen molar-refractivity contribution in [1.82, 2.24) is 10.3 Å². The van der Waals surface area contributed by atoms with Gasteiger partial charge in [-0.2, -0.15) is 0 Å². The molecular formula is C24H33N3O3. The maximum Gasteiger partial charge on any atom is 0.313 e. The summed E-state index contributed by atoms with van der Waals surface area (Å²) in [7, 11) is 0. The molecule has 0 saturated carbocycles. The second-order valence-electron chi connectivity index (χ2n) is 8.00. The molecule has 1 aromatic heterocycles. The van der Waals surface area contributed by atoms with Crippen molar-refractivity contribution in [3.8, 4) is 5.88 Å². The van der Waals surface area contributed by atoms with E-state index in [9.17, 15) is 9.90 Å². The number of nitrogens with one attached hydrogen (secondary N) is 2. The highest BCUT2D eigenvalue weighted by Crippen LogP contribution is 2.27. The molecule has 30 heavy (non-hydrogen) atoms. The molecule has 162 valence electrons. The Labute approximate surface area is 179 Å². The number of aromatic nitrogens is 1. The van der Waals surface area contributed by atoms with Crippen LogP contribution < -0.4 is 15.4 Å². The molecule has 3 N–H and O–H groups in total. The van der Waals surface area contributed by atoms with Gasteiger partial charge in [-0.3, -0.25) is 4.79 Å². The minimum atomic E-state index is -0.898. The number of anilines is 1. The SMILES string of the molecule is C=CC.CC(CNCC1CNc2cccnc2O1)c1cccc(C(C)(C)C(=O)O)c1. The first-order valence-electron chi connectivity index (χ1n) is 10.3. The molecule has 3 rings (SSSR count). The molecule has 2 heterocycles. The van der Waals surface area contributed by atoms with Gasteiger partial charge in [0.2, 0.25) is 5.88 Å². The minimum absolute atomic E-state index is 0.0249. The molecule has 1 aromatic carbocycles. The van der Waals surface area contributed by atoms with Crippen molar-refractivity contribution in [2.75, 3.05) is 25.0 Å². The molecule has 0 radical (unpaired) electrons. The van der Waals surface area contributed by atoms with Crippen LogP contribution in [0.1, 0.15) is 44.7 Å². The first kappa shape index (κ1) is 23.4. The van der Waals surface area contributed by atoms with Gasteiger partial charge in [0.05, 0.1) is 17.6 Å². The van der Waals surface area contributed by atoms with Crippen molar-refractivity contribution >= 4 is 11.7 Å². The Kier molecular flexibility index (Phi) is 8.42. The standard InChI is InChI=1S/C21H27N3O3.C3H6/c1-14(15-6-4-7-16(10-15)21(2,3)20(25)26)11-22-12-17-13-24-18-8-5-9-23-19(18)27-17;1-3-2/h4-10,14,17,22,24H,11-13H2,1-3H3,(H,25,26);3H,1H2,2H3. The summed E-state index contributed by atoms with van der Waals surface area (Å²) < 4.78 is 5.91. The smallest absolute Gasteiger partial charge is 0.313 e. The lowest BCUT2D eigenvalue weighted by Crippen LogP contribution is -2.40. The van der Waals surface area contributed by atoms with Gasteiger partial charge >= 0.3 is 5.97 Å². The fourth-order valence-corrected chi connectivity index (χ4v) is 3.09. The number of carboxylic acids is 1. The Bertz CT molecular complexity index is 851. The maximum atomic E-state index is 11.5. The average Bonchev–Trinajstić information content (AvgIpc) is 2.74. The fraction of sp³-hybridized carbons (Fsp3) is 0.417. The first-order valence-corrected chi connectivity index (χ1v) is 10.3. The van der Waals surface area contributed by atoms with Gasteiger partial charge in [-0.25, -0.2) is 4.98 Å². The lowest BCUT2D eigenvalue weighted by Gasteiger charge is -2.27. The molecule has 0 aliphatic carbocycles. The van der Waals surface area contributed by atoms with Gasteiger partial charge in [0, 0.05) is 19.3 Å². The molecule has 0 bridgehead atoms. The number of hydrogen-bond acceptors (Lipinski definition) is 5. The van der Waals surface area contributed by atoms with Gasteiger partial charge in [0.25, 0.3) is 0 Å². The molecule has 6 nitrogen and oxygen atoms in total. The van der Waals surface area contributed by atoms with Crippen LogP contribution in [-0.2, 0) is 10.2 Å². The minimum Gasteiger partial charge on any atom is -0.481 e. The average molecular weight is 412 g/mol. The third kappa shape index (κ3) is 6.07. The molecule has 1 aliphatic rings. The molecule has 1 aliphatic heterocycles. The van der Waals surface area contributed by atoms with Gasteiger partial charge in [0.15, 0.2) is 0 Å². The number of rotatable bonds is 7. The molecule has 2 aromatic rings. The third-order valence-corrected chi connectivity index (χ3v) is 5.10. The predicted octanol–water partition coefficient (Wildman–Crippen LogP) is 4.20. The van der Waals surface area contributed by atoms with E-state index >= 15 is 0 Å². The quantitative estimate of drug-likeness (QED) is 0.592. The highest BCUT2D eigenvalue weighted by molar-refractivity contribution is 5.80. The summed E-state index contributed by atoms with van der Waals surface area (Å²) in [6.07, 6.45) is 3.50. The van der Waals surface area contributed by atoms with Crippen molar-refractivity contribution in [2.45, 2.75) is 45.1 Å².